The highest BCUT2D eigenvalue weighted by molar-refractivity contribution is 7.85. The monoisotopic (exact) mass is 354 g/mol. The highest BCUT2D eigenvalue weighted by atomic mass is 32.1. The van der Waals surface area contributed by atoms with Crippen molar-refractivity contribution in [2.75, 3.05) is 0 Å². The number of nitriles is 4. The SMILES string of the molecule is N#CS.N#CS.N#CS.N#CS.N=C(N)N.N=C(N)N. The molecule has 20 heavy (non-hydrogen) atoms. The van der Waals surface area contributed by atoms with Crippen LogP contribution in [0.25, 0.3) is 0 Å². The van der Waals surface area contributed by atoms with E-state index in [1.54, 1.807) is 0 Å². The van der Waals surface area contributed by atoms with Gasteiger partial charge < -0.3 is 22.9 Å². The van der Waals surface area contributed by atoms with Gasteiger partial charge in [-0.3, -0.25) is 10.8 Å². The molecule has 0 saturated heterocycles. The average Bonchev–Trinajstić information content (AvgIpc) is 2.18. The van der Waals surface area contributed by atoms with Crippen molar-refractivity contribution in [1.82, 2.24) is 0 Å². The van der Waals surface area contributed by atoms with Crippen LogP contribution in [-0.2, 0) is 0 Å². The summed E-state index contributed by atoms with van der Waals surface area (Å²) in [7, 11) is 0. The first kappa shape index (κ1) is 36.1. The normalized spacial score (nSPS) is 4.00. The zero-order chi connectivity index (χ0) is 18.0. The van der Waals surface area contributed by atoms with Crippen molar-refractivity contribution in [1.29, 1.82) is 31.9 Å². The van der Waals surface area contributed by atoms with Crippen LogP contribution in [0, 0.1) is 53.5 Å². The first-order valence-corrected chi connectivity index (χ1v) is 5.23. The largest absolute Gasteiger partial charge is 0.370 e. The molecule has 112 valence electrons. The first-order valence-electron chi connectivity index (χ1n) is 3.44. The van der Waals surface area contributed by atoms with E-state index in [0.717, 1.165) is 0 Å². The molecule has 10 N–H and O–H groups in total. The number of hydrogen-bond donors (Lipinski definition) is 10. The summed E-state index contributed by atoms with van der Waals surface area (Å²) in [6.45, 7) is 0. The Balaban J connectivity index is -0.0000000296. The van der Waals surface area contributed by atoms with Gasteiger partial charge >= 0.3 is 0 Å². The lowest BCUT2D eigenvalue weighted by Crippen LogP contribution is -2.20. The maximum absolute atomic E-state index is 7.18. The van der Waals surface area contributed by atoms with Crippen LogP contribution in [0.4, 0.5) is 0 Å². The molecular formula is C6H14N10S4. The predicted molar refractivity (Wildman–Crippen MR) is 90.6 cm³/mol. The second-order valence-corrected chi connectivity index (χ2v) is 2.11. The third-order valence-corrected chi connectivity index (χ3v) is 0. The van der Waals surface area contributed by atoms with E-state index in [1.165, 1.54) is 21.6 Å². The molecule has 0 aromatic heterocycles. The van der Waals surface area contributed by atoms with Gasteiger partial charge in [0.15, 0.2) is 11.9 Å². The molecule has 0 aliphatic heterocycles. The molecular weight excluding hydrogens is 340 g/mol. The van der Waals surface area contributed by atoms with Gasteiger partial charge in [-0.05, 0) is 0 Å². The van der Waals surface area contributed by atoms with E-state index in [-0.39, 0.29) is 11.9 Å². The zero-order valence-corrected chi connectivity index (χ0v) is 13.5. The minimum Gasteiger partial charge on any atom is -0.370 e. The average molecular weight is 355 g/mol. The maximum Gasteiger partial charge on any atom is 0.183 e. The Bertz CT molecular complexity index is 288. The summed E-state index contributed by atoms with van der Waals surface area (Å²) in [5.41, 5.74) is 17.9. The summed E-state index contributed by atoms with van der Waals surface area (Å²) >= 11 is 12.4. The molecule has 0 spiro atoms. The standard InChI is InChI=1S/2CH5N3.4CHNS/c2*2-1(3)4;4*2-1-3/h2*(H5,2,3,4);4*3H. The number of hydrogen-bond acceptors (Lipinski definition) is 10. The Labute approximate surface area is 139 Å². The van der Waals surface area contributed by atoms with E-state index < -0.39 is 0 Å². The summed E-state index contributed by atoms with van der Waals surface area (Å²) in [4.78, 5) is 0. The molecule has 0 aromatic rings. The molecule has 0 fully saturated rings. The van der Waals surface area contributed by atoms with Crippen molar-refractivity contribution in [3.05, 3.63) is 0 Å². The molecule has 0 radical (unpaired) electrons. The summed E-state index contributed by atoms with van der Waals surface area (Å²) in [6.07, 6.45) is 0. The lowest BCUT2D eigenvalue weighted by molar-refractivity contribution is 1.38. The fraction of sp³-hybridized carbons (Fsp3) is 0. The van der Waals surface area contributed by atoms with E-state index in [2.05, 4.69) is 73.4 Å². The number of nitrogens with one attached hydrogen (secondary N) is 2. The Morgan fingerprint density at radius 2 is 0.600 bits per heavy atom. The quantitative estimate of drug-likeness (QED) is 0.114. The smallest absolute Gasteiger partial charge is 0.183 e. The number of nitrogens with zero attached hydrogens (tertiary/aromatic N) is 4. The van der Waals surface area contributed by atoms with Crippen LogP contribution in [0.2, 0.25) is 0 Å². The van der Waals surface area contributed by atoms with Crippen molar-refractivity contribution in [3.8, 4) is 21.6 Å². The lowest BCUT2D eigenvalue weighted by atomic mass is 11.1. The molecule has 0 aromatic carbocycles. The molecule has 0 saturated carbocycles. The Kier molecular flexibility index (Phi) is 124. The molecule has 0 amide bonds. The van der Waals surface area contributed by atoms with Crippen molar-refractivity contribution in [3.63, 3.8) is 0 Å². The Morgan fingerprint density at radius 3 is 0.600 bits per heavy atom. The predicted octanol–water partition coefficient (Wildman–Crippen LogP) is -0.734. The van der Waals surface area contributed by atoms with Crippen LogP contribution in [0.3, 0.4) is 0 Å². The third kappa shape index (κ3) is 800. The van der Waals surface area contributed by atoms with Crippen LogP contribution < -0.4 is 22.9 Å². The van der Waals surface area contributed by atoms with Gasteiger partial charge in [-0.2, -0.15) is 21.0 Å². The van der Waals surface area contributed by atoms with Crippen molar-refractivity contribution in [2.45, 2.75) is 0 Å². The van der Waals surface area contributed by atoms with Gasteiger partial charge in [-0.25, -0.2) is 0 Å². The van der Waals surface area contributed by atoms with Crippen LogP contribution in [0.5, 0.6) is 0 Å². The number of thiol groups is 4. The van der Waals surface area contributed by atoms with E-state index in [9.17, 15) is 0 Å². The number of thiocyanates is 4. The molecule has 0 aliphatic carbocycles. The highest BCUT2D eigenvalue weighted by Crippen LogP contribution is 1.47. The van der Waals surface area contributed by atoms with Crippen LogP contribution in [0.15, 0.2) is 0 Å². The molecule has 0 atom stereocenters. The fourth-order valence-electron chi connectivity index (χ4n) is 0. The summed E-state index contributed by atoms with van der Waals surface area (Å²) < 4.78 is 0. The van der Waals surface area contributed by atoms with Crippen molar-refractivity contribution >= 4 is 62.4 Å². The molecule has 0 unspecified atom stereocenters. The number of guanidine groups is 2. The summed E-state index contributed by atoms with van der Waals surface area (Å²) in [5.74, 6) is -0.667. The second-order valence-electron chi connectivity index (χ2n) is 1.31. The molecule has 0 bridgehead atoms. The van der Waals surface area contributed by atoms with E-state index >= 15 is 0 Å². The zero-order valence-electron chi connectivity index (χ0n) is 9.89. The summed E-state index contributed by atoms with van der Waals surface area (Å²) in [6, 6.07) is 0. The summed E-state index contributed by atoms with van der Waals surface area (Å²) in [5, 5.41) is 46.6. The van der Waals surface area contributed by atoms with Gasteiger partial charge in [0, 0.05) is 0 Å². The van der Waals surface area contributed by atoms with Gasteiger partial charge in [0.25, 0.3) is 0 Å². The van der Waals surface area contributed by atoms with E-state index in [4.69, 9.17) is 31.9 Å². The van der Waals surface area contributed by atoms with Gasteiger partial charge in [0.05, 0.1) is 0 Å². The topological polar surface area (TPSA) is 247 Å². The maximum atomic E-state index is 7.18. The minimum atomic E-state index is -0.333. The molecule has 14 heteroatoms. The Morgan fingerprint density at radius 1 is 0.600 bits per heavy atom. The van der Waals surface area contributed by atoms with Crippen LogP contribution in [0.1, 0.15) is 0 Å². The van der Waals surface area contributed by atoms with Crippen molar-refractivity contribution in [2.24, 2.45) is 22.9 Å². The lowest BCUT2D eigenvalue weighted by Gasteiger charge is -1.69. The van der Waals surface area contributed by atoms with Gasteiger partial charge in [-0.1, -0.05) is 50.5 Å². The van der Waals surface area contributed by atoms with Gasteiger partial charge in [0.2, 0.25) is 0 Å². The molecule has 0 rings (SSSR count). The van der Waals surface area contributed by atoms with Crippen LogP contribution in [-0.4, -0.2) is 11.9 Å². The first-order chi connectivity index (χ1) is 9.12. The number of nitrogens with two attached hydrogens (primary N) is 4. The van der Waals surface area contributed by atoms with Gasteiger partial charge in [-0.15, -0.1) is 0 Å². The minimum absolute atomic E-state index is 0.333. The molecule has 10 nitrogen and oxygen atoms in total. The molecule has 0 aliphatic rings. The fourth-order valence-corrected chi connectivity index (χ4v) is 0. The van der Waals surface area contributed by atoms with Gasteiger partial charge in [0.1, 0.15) is 21.6 Å². The highest BCUT2D eigenvalue weighted by Gasteiger charge is 1.52. The van der Waals surface area contributed by atoms with E-state index in [0.29, 0.717) is 0 Å². The van der Waals surface area contributed by atoms with E-state index in [1.807, 2.05) is 0 Å². The molecule has 0 heterocycles. The van der Waals surface area contributed by atoms with Crippen LogP contribution >= 0.6 is 50.5 Å². The second kappa shape index (κ2) is 68.5. The third-order valence-electron chi connectivity index (χ3n) is 0. The number of rotatable bonds is 0. The Hall–Kier alpha value is -2.10. The van der Waals surface area contributed by atoms with Crippen molar-refractivity contribution < 1.29 is 0 Å².